The van der Waals surface area contributed by atoms with Crippen LogP contribution in [0.4, 0.5) is 0 Å². The van der Waals surface area contributed by atoms with Crippen molar-refractivity contribution in [1.82, 2.24) is 15.1 Å². The Morgan fingerprint density at radius 1 is 0.867 bits per heavy atom. The van der Waals surface area contributed by atoms with Crippen LogP contribution in [0.1, 0.15) is 71.6 Å². The van der Waals surface area contributed by atoms with Gasteiger partial charge in [-0.25, -0.2) is 0 Å². The molecule has 1 N–H and O–H groups in total. The van der Waals surface area contributed by atoms with Crippen LogP contribution in [0.25, 0.3) is 0 Å². The number of hydrogen-bond donors (Lipinski definition) is 1. The highest BCUT2D eigenvalue weighted by Gasteiger charge is 2.48. The van der Waals surface area contributed by atoms with Gasteiger partial charge in [-0.05, 0) is 88.0 Å². The number of amides is 2. The van der Waals surface area contributed by atoms with Crippen LogP contribution < -0.4 is 5.32 Å². The number of hydrogen-bond acceptors (Lipinski definition) is 3. The predicted molar refractivity (Wildman–Crippen MR) is 118 cm³/mol. The van der Waals surface area contributed by atoms with Crippen molar-refractivity contribution in [1.29, 1.82) is 0 Å². The van der Waals surface area contributed by atoms with E-state index in [-0.39, 0.29) is 11.3 Å². The van der Waals surface area contributed by atoms with E-state index >= 15 is 0 Å². The number of fused-ring (bicyclic) bond motifs is 1. The molecule has 0 bridgehead atoms. The maximum atomic E-state index is 13.1. The first-order chi connectivity index (χ1) is 14.4. The molecule has 0 aromatic rings. The van der Waals surface area contributed by atoms with Gasteiger partial charge in [0.05, 0.1) is 0 Å². The Kier molecular flexibility index (Phi) is 5.62. The third-order valence-electron chi connectivity index (χ3n) is 9.45. The molecule has 4 unspecified atom stereocenters. The average Bonchev–Trinajstić information content (AvgIpc) is 3.39. The van der Waals surface area contributed by atoms with Crippen LogP contribution in [0, 0.1) is 35.0 Å². The molecule has 4 atom stereocenters. The van der Waals surface area contributed by atoms with E-state index in [1.165, 1.54) is 38.6 Å². The van der Waals surface area contributed by atoms with Gasteiger partial charge in [0.1, 0.15) is 0 Å². The van der Waals surface area contributed by atoms with Crippen LogP contribution in [0.3, 0.4) is 0 Å². The summed E-state index contributed by atoms with van der Waals surface area (Å²) in [5.74, 6) is 4.33. The number of rotatable bonds is 3. The normalized spacial score (nSPS) is 40.7. The van der Waals surface area contributed by atoms with Gasteiger partial charge in [0.25, 0.3) is 0 Å². The fourth-order valence-corrected chi connectivity index (χ4v) is 7.07. The molecule has 2 aliphatic heterocycles. The van der Waals surface area contributed by atoms with Crippen molar-refractivity contribution in [2.24, 2.45) is 35.0 Å². The molecule has 5 nitrogen and oxygen atoms in total. The highest BCUT2D eigenvalue weighted by Crippen LogP contribution is 2.47. The van der Waals surface area contributed by atoms with Gasteiger partial charge in [0.2, 0.25) is 11.8 Å². The maximum Gasteiger partial charge on any atom is 0.228 e. The number of nitrogens with zero attached hydrogens (tertiary/aromatic N) is 2. The summed E-state index contributed by atoms with van der Waals surface area (Å²) in [6, 6.07) is 0.766. The summed E-state index contributed by atoms with van der Waals surface area (Å²) in [5.41, 5.74) is -0.0885. The predicted octanol–water partition coefficient (Wildman–Crippen LogP) is 3.29. The van der Waals surface area contributed by atoms with Crippen molar-refractivity contribution in [2.45, 2.75) is 77.7 Å². The molecule has 0 spiro atoms. The van der Waals surface area contributed by atoms with Crippen LogP contribution in [0.2, 0.25) is 0 Å². The zero-order valence-electron chi connectivity index (χ0n) is 19.1. The van der Waals surface area contributed by atoms with Gasteiger partial charge in [-0.15, -0.1) is 0 Å². The number of carbonyl (C=O) groups is 2. The zero-order valence-corrected chi connectivity index (χ0v) is 19.1. The Morgan fingerprint density at radius 2 is 1.53 bits per heavy atom. The number of nitrogens with one attached hydrogen (secondary N) is 1. The second-order valence-corrected chi connectivity index (χ2v) is 11.6. The first-order valence-corrected chi connectivity index (χ1v) is 12.8. The summed E-state index contributed by atoms with van der Waals surface area (Å²) < 4.78 is 0. The molecule has 5 rings (SSSR count). The molecule has 0 aromatic heterocycles. The number of carbonyl (C=O) groups excluding carboxylic acids is 2. The summed E-state index contributed by atoms with van der Waals surface area (Å²) in [6.07, 6.45) is 10.8. The van der Waals surface area contributed by atoms with Crippen molar-refractivity contribution in [3.63, 3.8) is 0 Å². The Labute approximate surface area is 182 Å². The Morgan fingerprint density at radius 3 is 2.20 bits per heavy atom. The molecule has 2 heterocycles. The second kappa shape index (κ2) is 8.11. The van der Waals surface area contributed by atoms with Crippen molar-refractivity contribution >= 4 is 11.8 Å². The molecule has 5 aliphatic rings. The van der Waals surface area contributed by atoms with Gasteiger partial charge in [-0.3, -0.25) is 9.59 Å². The summed E-state index contributed by atoms with van der Waals surface area (Å²) in [7, 11) is 0. The SMILES string of the molecule is CC1CCC2NCC(C3CCC(C(=O)N4CCN(C(=O)C5(C)CC5)CC4)CC3)C2C1. The Bertz CT molecular complexity index is 659. The highest BCUT2D eigenvalue weighted by molar-refractivity contribution is 5.85. The standard InChI is InChI=1S/C25H41N3O2/c1-17-3-8-22-20(15-17)21(16-26-22)18-4-6-19(7-5-18)23(29)27-11-13-28(14-12-27)24(30)25(2)9-10-25/h17-22,26H,3-16H2,1-2H3. The quantitative estimate of drug-likeness (QED) is 0.770. The first kappa shape index (κ1) is 20.8. The van der Waals surface area contributed by atoms with Crippen LogP contribution in [0.5, 0.6) is 0 Å². The van der Waals surface area contributed by atoms with Gasteiger partial charge in [-0.1, -0.05) is 13.8 Å². The molecular weight excluding hydrogens is 374 g/mol. The Balaban J connectivity index is 1.09. The van der Waals surface area contributed by atoms with E-state index in [4.69, 9.17) is 0 Å². The summed E-state index contributed by atoms with van der Waals surface area (Å²) in [5, 5.41) is 3.83. The fraction of sp³-hybridized carbons (Fsp3) is 0.920. The van der Waals surface area contributed by atoms with Gasteiger partial charge in [0, 0.05) is 43.6 Å². The maximum absolute atomic E-state index is 13.1. The second-order valence-electron chi connectivity index (χ2n) is 11.6. The lowest BCUT2D eigenvalue weighted by Crippen LogP contribution is -2.53. The molecule has 2 saturated heterocycles. The molecule has 0 radical (unpaired) electrons. The van der Waals surface area contributed by atoms with Crippen LogP contribution in [-0.2, 0) is 9.59 Å². The molecule has 30 heavy (non-hydrogen) atoms. The van der Waals surface area contributed by atoms with Crippen LogP contribution in [-0.4, -0.2) is 60.4 Å². The smallest absolute Gasteiger partial charge is 0.228 e. The van der Waals surface area contributed by atoms with Crippen molar-refractivity contribution in [2.75, 3.05) is 32.7 Å². The highest BCUT2D eigenvalue weighted by atomic mass is 16.2. The molecular formula is C25H41N3O2. The third kappa shape index (κ3) is 3.91. The summed E-state index contributed by atoms with van der Waals surface area (Å²) in [6.45, 7) is 8.64. The third-order valence-corrected chi connectivity index (χ3v) is 9.45. The van der Waals surface area contributed by atoms with Gasteiger partial charge >= 0.3 is 0 Å². The van der Waals surface area contributed by atoms with Crippen molar-refractivity contribution in [3.8, 4) is 0 Å². The molecule has 0 aromatic carbocycles. The van der Waals surface area contributed by atoms with E-state index in [1.807, 2.05) is 4.90 Å². The summed E-state index contributed by atoms with van der Waals surface area (Å²) >= 11 is 0. The minimum atomic E-state index is -0.0885. The van der Waals surface area contributed by atoms with Gasteiger partial charge in [0.15, 0.2) is 0 Å². The van der Waals surface area contributed by atoms with Crippen LogP contribution in [0.15, 0.2) is 0 Å². The van der Waals surface area contributed by atoms with Crippen LogP contribution >= 0.6 is 0 Å². The lowest BCUT2D eigenvalue weighted by molar-refractivity contribution is -0.145. The molecule has 5 heteroatoms. The zero-order chi connectivity index (χ0) is 20.9. The van der Waals surface area contributed by atoms with Crippen molar-refractivity contribution in [3.05, 3.63) is 0 Å². The van der Waals surface area contributed by atoms with Gasteiger partial charge in [-0.2, -0.15) is 0 Å². The number of piperazine rings is 1. The molecule has 2 amide bonds. The van der Waals surface area contributed by atoms with E-state index < -0.39 is 0 Å². The Hall–Kier alpha value is -1.10. The van der Waals surface area contributed by atoms with E-state index in [0.29, 0.717) is 11.8 Å². The largest absolute Gasteiger partial charge is 0.339 e. The minimum absolute atomic E-state index is 0.0885. The van der Waals surface area contributed by atoms with E-state index in [9.17, 15) is 9.59 Å². The van der Waals surface area contributed by atoms with E-state index in [2.05, 4.69) is 24.1 Å². The molecule has 168 valence electrons. The van der Waals surface area contributed by atoms with Crippen molar-refractivity contribution < 1.29 is 9.59 Å². The lowest BCUT2D eigenvalue weighted by atomic mass is 9.67. The summed E-state index contributed by atoms with van der Waals surface area (Å²) in [4.78, 5) is 29.8. The van der Waals surface area contributed by atoms with E-state index in [0.717, 1.165) is 81.6 Å². The minimum Gasteiger partial charge on any atom is -0.339 e. The fourth-order valence-electron chi connectivity index (χ4n) is 7.07. The topological polar surface area (TPSA) is 52.7 Å². The monoisotopic (exact) mass is 415 g/mol. The van der Waals surface area contributed by atoms with Gasteiger partial charge < -0.3 is 15.1 Å². The average molecular weight is 416 g/mol. The lowest BCUT2D eigenvalue weighted by Gasteiger charge is -2.40. The molecule has 5 fully saturated rings. The molecule has 3 saturated carbocycles. The molecule has 3 aliphatic carbocycles. The van der Waals surface area contributed by atoms with E-state index in [1.54, 1.807) is 0 Å². The first-order valence-electron chi connectivity index (χ1n) is 12.8.